The molecule has 0 saturated heterocycles. The molecule has 0 unspecified atom stereocenters. The van der Waals surface area contributed by atoms with Gasteiger partial charge in [0.1, 0.15) is 5.75 Å². The van der Waals surface area contributed by atoms with Crippen LogP contribution in [0.4, 0.5) is 0 Å². The first-order chi connectivity index (χ1) is 10.1. The predicted molar refractivity (Wildman–Crippen MR) is 82.8 cm³/mol. The van der Waals surface area contributed by atoms with E-state index in [1.165, 1.54) is 0 Å². The molecule has 0 radical (unpaired) electrons. The summed E-state index contributed by atoms with van der Waals surface area (Å²) >= 11 is 0. The highest BCUT2D eigenvalue weighted by Crippen LogP contribution is 2.43. The second-order valence-corrected chi connectivity index (χ2v) is 4.62. The van der Waals surface area contributed by atoms with Gasteiger partial charge in [-0.25, -0.2) is 0 Å². The van der Waals surface area contributed by atoms with E-state index in [2.05, 4.69) is 6.07 Å². The molecule has 2 aromatic rings. The van der Waals surface area contributed by atoms with Crippen molar-refractivity contribution in [2.24, 2.45) is 0 Å². The smallest absolute Gasteiger partial charge is 0.203 e. The van der Waals surface area contributed by atoms with Crippen molar-refractivity contribution in [2.45, 2.75) is 6.92 Å². The van der Waals surface area contributed by atoms with Gasteiger partial charge in [-0.05, 0) is 36.8 Å². The lowest BCUT2D eigenvalue weighted by molar-refractivity contribution is 0.324. The van der Waals surface area contributed by atoms with E-state index in [1.54, 1.807) is 28.4 Å². The molecular weight excluding hydrogens is 268 g/mol. The zero-order chi connectivity index (χ0) is 15.4. The number of hydrogen-bond acceptors (Lipinski definition) is 4. The van der Waals surface area contributed by atoms with Gasteiger partial charge in [0.05, 0.1) is 28.4 Å². The van der Waals surface area contributed by atoms with Crippen LogP contribution in [0.25, 0.3) is 11.1 Å². The van der Waals surface area contributed by atoms with Crippen molar-refractivity contribution < 1.29 is 18.9 Å². The molecule has 0 heterocycles. The fourth-order valence-electron chi connectivity index (χ4n) is 2.28. The molecule has 0 aliphatic carbocycles. The van der Waals surface area contributed by atoms with Gasteiger partial charge in [0.25, 0.3) is 0 Å². The number of methoxy groups -OCH3 is 4. The number of aryl methyl sites for hydroxylation is 1. The minimum atomic E-state index is 0.579. The van der Waals surface area contributed by atoms with Crippen LogP contribution >= 0.6 is 0 Å². The molecule has 4 nitrogen and oxygen atoms in total. The monoisotopic (exact) mass is 288 g/mol. The van der Waals surface area contributed by atoms with Gasteiger partial charge in [0.15, 0.2) is 11.5 Å². The van der Waals surface area contributed by atoms with E-state index in [9.17, 15) is 0 Å². The molecule has 0 saturated carbocycles. The van der Waals surface area contributed by atoms with Gasteiger partial charge in [-0.1, -0.05) is 11.6 Å². The standard InChI is InChI=1S/C17H20O4/c1-11-6-7-14(18-2)13(8-11)12-9-15(19-3)17(21-5)16(10-12)20-4/h6-10H,1-5H3. The normalized spacial score (nSPS) is 10.1. The summed E-state index contributed by atoms with van der Waals surface area (Å²) in [6.45, 7) is 2.04. The average Bonchev–Trinajstić information content (AvgIpc) is 2.53. The molecule has 4 heteroatoms. The molecule has 0 fully saturated rings. The van der Waals surface area contributed by atoms with E-state index in [4.69, 9.17) is 18.9 Å². The van der Waals surface area contributed by atoms with Gasteiger partial charge in [0.2, 0.25) is 5.75 Å². The molecule has 2 rings (SSSR count). The van der Waals surface area contributed by atoms with Crippen LogP contribution in [0.5, 0.6) is 23.0 Å². The molecule has 0 aliphatic heterocycles. The first-order valence-corrected chi connectivity index (χ1v) is 6.59. The van der Waals surface area contributed by atoms with Gasteiger partial charge >= 0.3 is 0 Å². The molecule has 0 N–H and O–H groups in total. The topological polar surface area (TPSA) is 36.9 Å². The van der Waals surface area contributed by atoms with E-state index in [0.29, 0.717) is 17.2 Å². The number of rotatable bonds is 5. The Kier molecular flexibility index (Phi) is 4.58. The highest BCUT2D eigenvalue weighted by Gasteiger charge is 2.16. The van der Waals surface area contributed by atoms with Crippen molar-refractivity contribution >= 4 is 0 Å². The van der Waals surface area contributed by atoms with Crippen LogP contribution in [0.15, 0.2) is 30.3 Å². The number of ether oxygens (including phenoxy) is 4. The molecule has 112 valence electrons. The molecule has 0 atom stereocenters. The molecular formula is C17H20O4. The van der Waals surface area contributed by atoms with Crippen LogP contribution in [0.3, 0.4) is 0 Å². The Morgan fingerprint density at radius 2 is 1.24 bits per heavy atom. The van der Waals surface area contributed by atoms with Crippen LogP contribution in [-0.2, 0) is 0 Å². The summed E-state index contributed by atoms with van der Waals surface area (Å²) < 4.78 is 21.6. The average molecular weight is 288 g/mol. The van der Waals surface area contributed by atoms with Crippen LogP contribution in [-0.4, -0.2) is 28.4 Å². The minimum Gasteiger partial charge on any atom is -0.496 e. The maximum Gasteiger partial charge on any atom is 0.203 e. The second-order valence-electron chi connectivity index (χ2n) is 4.62. The maximum atomic E-state index is 5.45. The zero-order valence-corrected chi connectivity index (χ0v) is 13.0. The summed E-state index contributed by atoms with van der Waals surface area (Å²) in [5.74, 6) is 2.62. The Bertz CT molecular complexity index is 610. The largest absolute Gasteiger partial charge is 0.496 e. The SMILES string of the molecule is COc1ccc(C)cc1-c1cc(OC)c(OC)c(OC)c1. The zero-order valence-electron chi connectivity index (χ0n) is 13.0. The summed E-state index contributed by atoms with van der Waals surface area (Å²) in [6.07, 6.45) is 0. The number of benzene rings is 2. The molecule has 0 aromatic heterocycles. The highest BCUT2D eigenvalue weighted by molar-refractivity contribution is 5.76. The molecule has 2 aromatic carbocycles. The quantitative estimate of drug-likeness (QED) is 0.840. The van der Waals surface area contributed by atoms with Gasteiger partial charge in [-0.3, -0.25) is 0 Å². The molecule has 0 spiro atoms. The van der Waals surface area contributed by atoms with Gasteiger partial charge < -0.3 is 18.9 Å². The van der Waals surface area contributed by atoms with E-state index < -0.39 is 0 Å². The molecule has 21 heavy (non-hydrogen) atoms. The summed E-state index contributed by atoms with van der Waals surface area (Å²) in [7, 11) is 6.46. The van der Waals surface area contributed by atoms with E-state index in [1.807, 2.05) is 31.2 Å². The van der Waals surface area contributed by atoms with E-state index in [-0.39, 0.29) is 0 Å². The first kappa shape index (κ1) is 15.0. The van der Waals surface area contributed by atoms with E-state index >= 15 is 0 Å². The third-order valence-electron chi connectivity index (χ3n) is 3.33. The summed E-state index contributed by atoms with van der Waals surface area (Å²) in [5, 5.41) is 0. The fourth-order valence-corrected chi connectivity index (χ4v) is 2.28. The van der Waals surface area contributed by atoms with Gasteiger partial charge in [-0.15, -0.1) is 0 Å². The predicted octanol–water partition coefficient (Wildman–Crippen LogP) is 3.70. The third kappa shape index (κ3) is 2.89. The van der Waals surface area contributed by atoms with Crippen LogP contribution < -0.4 is 18.9 Å². The fraction of sp³-hybridized carbons (Fsp3) is 0.294. The van der Waals surface area contributed by atoms with Crippen molar-refractivity contribution in [1.29, 1.82) is 0 Å². The third-order valence-corrected chi connectivity index (χ3v) is 3.33. The van der Waals surface area contributed by atoms with Crippen molar-refractivity contribution in [3.8, 4) is 34.1 Å². The van der Waals surface area contributed by atoms with Crippen molar-refractivity contribution in [3.63, 3.8) is 0 Å². The summed E-state index contributed by atoms with van der Waals surface area (Å²) in [6, 6.07) is 9.87. The lowest BCUT2D eigenvalue weighted by atomic mass is 10.0. The van der Waals surface area contributed by atoms with Crippen molar-refractivity contribution in [3.05, 3.63) is 35.9 Å². The maximum absolute atomic E-state index is 5.45. The number of hydrogen-bond donors (Lipinski definition) is 0. The van der Waals surface area contributed by atoms with Crippen LogP contribution in [0.2, 0.25) is 0 Å². The Morgan fingerprint density at radius 1 is 0.667 bits per heavy atom. The first-order valence-electron chi connectivity index (χ1n) is 6.59. The second kappa shape index (κ2) is 6.39. The summed E-state index contributed by atoms with van der Waals surface area (Å²) in [5.41, 5.74) is 3.08. The lowest BCUT2D eigenvalue weighted by Gasteiger charge is -2.16. The molecule has 0 amide bonds. The Balaban J connectivity index is 2.67. The van der Waals surface area contributed by atoms with Crippen LogP contribution in [0, 0.1) is 6.92 Å². The van der Waals surface area contributed by atoms with E-state index in [0.717, 1.165) is 22.4 Å². The molecule has 0 aliphatic rings. The Morgan fingerprint density at radius 3 is 1.71 bits per heavy atom. The Hall–Kier alpha value is -2.36. The van der Waals surface area contributed by atoms with Crippen LogP contribution in [0.1, 0.15) is 5.56 Å². The van der Waals surface area contributed by atoms with Crippen molar-refractivity contribution in [2.75, 3.05) is 28.4 Å². The van der Waals surface area contributed by atoms with Gasteiger partial charge in [0, 0.05) is 5.56 Å². The van der Waals surface area contributed by atoms with Gasteiger partial charge in [-0.2, -0.15) is 0 Å². The van der Waals surface area contributed by atoms with Crippen molar-refractivity contribution in [1.82, 2.24) is 0 Å². The minimum absolute atomic E-state index is 0.579. The highest BCUT2D eigenvalue weighted by atomic mass is 16.5. The molecule has 0 bridgehead atoms. The summed E-state index contributed by atoms with van der Waals surface area (Å²) in [4.78, 5) is 0. The Labute approximate surface area is 125 Å². The lowest BCUT2D eigenvalue weighted by Crippen LogP contribution is -1.96.